The Kier molecular flexibility index (Phi) is 10.0. The lowest BCUT2D eigenvalue weighted by molar-refractivity contribution is -0.143. The van der Waals surface area contributed by atoms with Crippen LogP contribution >= 0.6 is 0 Å². The summed E-state index contributed by atoms with van der Waals surface area (Å²) in [4.78, 5) is 17.1. The highest BCUT2D eigenvalue weighted by Gasteiger charge is 2.02. The third-order valence-corrected chi connectivity index (χ3v) is 2.33. The minimum Gasteiger partial charge on any atom is -0.466 e. The van der Waals surface area contributed by atoms with Crippen LogP contribution in [0.1, 0.15) is 32.6 Å². The molecule has 0 aromatic carbocycles. The van der Waals surface area contributed by atoms with Crippen molar-refractivity contribution in [3.63, 3.8) is 0 Å². The van der Waals surface area contributed by atoms with Gasteiger partial charge < -0.3 is 14.6 Å². The summed E-state index contributed by atoms with van der Waals surface area (Å²) in [5.41, 5.74) is 0. The van der Waals surface area contributed by atoms with E-state index in [2.05, 4.69) is 23.7 Å². The fourth-order valence-electron chi connectivity index (χ4n) is 1.45. The van der Waals surface area contributed by atoms with Crippen LogP contribution in [0.3, 0.4) is 0 Å². The Bertz CT molecular complexity index is 195. The normalized spacial score (nSPS) is 10.4. The number of carbonyl (C=O) groups excluding carboxylic acids is 1. The maximum atomic E-state index is 11.0. The molecule has 94 valence electrons. The third-order valence-electron chi connectivity index (χ3n) is 2.33. The Labute approximate surface area is 98.7 Å². The number of nitrogens with zero attached hydrogens (tertiary/aromatic N) is 2. The van der Waals surface area contributed by atoms with E-state index in [1.807, 2.05) is 6.92 Å². The molecular weight excluding hydrogens is 204 g/mol. The Balaban J connectivity index is 3.29. The van der Waals surface area contributed by atoms with Crippen molar-refractivity contribution in [3.8, 4) is 0 Å². The van der Waals surface area contributed by atoms with Gasteiger partial charge >= 0.3 is 5.97 Å². The van der Waals surface area contributed by atoms with Gasteiger partial charge in [0.05, 0.1) is 6.61 Å². The second-order valence-corrected chi connectivity index (χ2v) is 3.87. The van der Waals surface area contributed by atoms with E-state index in [-0.39, 0.29) is 5.97 Å². The minimum absolute atomic E-state index is 0.0824. The van der Waals surface area contributed by atoms with E-state index in [4.69, 9.17) is 4.74 Å². The fourth-order valence-corrected chi connectivity index (χ4v) is 1.45. The molecule has 4 nitrogen and oxygen atoms in total. The monoisotopic (exact) mass is 228 g/mol. The van der Waals surface area contributed by atoms with Gasteiger partial charge in [0.1, 0.15) is 0 Å². The number of carbonyl (C=O) groups is 1. The number of hydrogen-bond donors (Lipinski definition) is 0. The number of ether oxygens (including phenoxy) is 1. The van der Waals surface area contributed by atoms with E-state index < -0.39 is 0 Å². The Morgan fingerprint density at radius 3 is 2.62 bits per heavy atom. The summed E-state index contributed by atoms with van der Waals surface area (Å²) in [6.45, 7) is 8.65. The molecule has 0 atom stereocenters. The summed E-state index contributed by atoms with van der Waals surface area (Å²) in [6, 6.07) is 0. The molecular formula is C12H24N2O2. The van der Waals surface area contributed by atoms with Crippen molar-refractivity contribution in [2.45, 2.75) is 32.6 Å². The fraction of sp³-hybridized carbons (Fsp3) is 0.833. The van der Waals surface area contributed by atoms with Gasteiger partial charge in [0.25, 0.3) is 0 Å². The maximum Gasteiger partial charge on any atom is 0.305 e. The molecule has 0 aliphatic heterocycles. The average molecular weight is 228 g/mol. The second-order valence-electron chi connectivity index (χ2n) is 3.87. The van der Waals surface area contributed by atoms with E-state index in [1.165, 1.54) is 0 Å². The van der Waals surface area contributed by atoms with Crippen molar-refractivity contribution >= 4 is 12.7 Å². The van der Waals surface area contributed by atoms with Crippen LogP contribution in [-0.2, 0) is 9.53 Å². The van der Waals surface area contributed by atoms with Gasteiger partial charge in [-0.25, -0.2) is 0 Å². The summed E-state index contributed by atoms with van der Waals surface area (Å²) in [5, 5.41) is 0. The molecule has 0 N–H and O–H groups in total. The third kappa shape index (κ3) is 9.65. The summed E-state index contributed by atoms with van der Waals surface area (Å²) < 4.78 is 4.86. The van der Waals surface area contributed by atoms with Crippen LogP contribution in [-0.4, -0.2) is 50.9 Å². The molecule has 0 rings (SSSR count). The van der Waals surface area contributed by atoms with Crippen LogP contribution < -0.4 is 0 Å². The maximum absolute atomic E-state index is 11.0. The van der Waals surface area contributed by atoms with Crippen LogP contribution in [0.15, 0.2) is 4.99 Å². The zero-order valence-electron chi connectivity index (χ0n) is 10.6. The smallest absolute Gasteiger partial charge is 0.305 e. The molecule has 0 heterocycles. The molecule has 0 aliphatic carbocycles. The van der Waals surface area contributed by atoms with Crippen molar-refractivity contribution in [3.05, 3.63) is 0 Å². The van der Waals surface area contributed by atoms with Gasteiger partial charge in [0.2, 0.25) is 0 Å². The predicted octanol–water partition coefficient (Wildman–Crippen LogP) is 1.74. The molecule has 0 unspecified atom stereocenters. The van der Waals surface area contributed by atoms with Gasteiger partial charge in [-0.15, -0.1) is 0 Å². The summed E-state index contributed by atoms with van der Waals surface area (Å²) in [7, 11) is 2.09. The number of rotatable bonds is 10. The largest absolute Gasteiger partial charge is 0.466 e. The molecule has 0 spiro atoms. The van der Waals surface area contributed by atoms with Crippen LogP contribution in [0, 0.1) is 0 Å². The molecule has 0 radical (unpaired) electrons. The molecule has 0 saturated heterocycles. The molecule has 0 aromatic heterocycles. The van der Waals surface area contributed by atoms with E-state index >= 15 is 0 Å². The van der Waals surface area contributed by atoms with Gasteiger partial charge in [0.15, 0.2) is 0 Å². The Hall–Kier alpha value is -0.900. The van der Waals surface area contributed by atoms with Gasteiger partial charge in [0, 0.05) is 13.0 Å². The second kappa shape index (κ2) is 10.6. The quantitative estimate of drug-likeness (QED) is 0.325. The van der Waals surface area contributed by atoms with E-state index in [1.54, 1.807) is 0 Å². The number of aliphatic imine (C=N–C) groups is 1. The van der Waals surface area contributed by atoms with E-state index in [0.29, 0.717) is 13.0 Å². The molecule has 0 saturated carbocycles. The summed E-state index contributed by atoms with van der Waals surface area (Å²) >= 11 is 0. The number of esters is 1. The lowest BCUT2D eigenvalue weighted by atomic mass is 10.2. The first-order chi connectivity index (χ1) is 7.70. The Morgan fingerprint density at radius 2 is 2.00 bits per heavy atom. The van der Waals surface area contributed by atoms with Gasteiger partial charge in [-0.2, -0.15) is 0 Å². The first-order valence-corrected chi connectivity index (χ1v) is 5.97. The van der Waals surface area contributed by atoms with Crippen LogP contribution in [0.25, 0.3) is 0 Å². The zero-order valence-corrected chi connectivity index (χ0v) is 10.6. The predicted molar refractivity (Wildman–Crippen MR) is 67.0 cm³/mol. The molecule has 0 aromatic rings. The summed E-state index contributed by atoms with van der Waals surface area (Å²) in [6.07, 6.45) is 3.54. The van der Waals surface area contributed by atoms with Gasteiger partial charge in [-0.1, -0.05) is 0 Å². The molecule has 16 heavy (non-hydrogen) atoms. The Morgan fingerprint density at radius 1 is 1.31 bits per heavy atom. The molecule has 0 bridgehead atoms. The van der Waals surface area contributed by atoms with Crippen molar-refractivity contribution in [2.75, 3.05) is 33.3 Å². The highest BCUT2D eigenvalue weighted by atomic mass is 16.5. The van der Waals surface area contributed by atoms with Crippen LogP contribution in [0.4, 0.5) is 0 Å². The van der Waals surface area contributed by atoms with Gasteiger partial charge in [-0.05, 0) is 53.0 Å². The highest BCUT2D eigenvalue weighted by Crippen LogP contribution is 2.00. The zero-order chi connectivity index (χ0) is 12.2. The van der Waals surface area contributed by atoms with Crippen LogP contribution in [0.2, 0.25) is 0 Å². The molecule has 0 fully saturated rings. The first kappa shape index (κ1) is 15.1. The van der Waals surface area contributed by atoms with Crippen LogP contribution in [0.5, 0.6) is 0 Å². The topological polar surface area (TPSA) is 41.9 Å². The van der Waals surface area contributed by atoms with E-state index in [9.17, 15) is 4.79 Å². The number of unbranched alkanes of at least 4 members (excludes halogenated alkanes) is 1. The SMILES string of the molecule is C=NCCCN(C)CCCCC(=O)OCC. The van der Waals surface area contributed by atoms with Crippen molar-refractivity contribution in [1.82, 2.24) is 4.90 Å². The number of hydrogen-bond acceptors (Lipinski definition) is 4. The standard InChI is InChI=1S/C12H24N2O2/c1-4-16-12(15)8-5-6-10-14(3)11-7-9-13-2/h2,4-11H2,1,3H3. The summed E-state index contributed by atoms with van der Waals surface area (Å²) in [5.74, 6) is -0.0824. The minimum atomic E-state index is -0.0824. The van der Waals surface area contributed by atoms with Gasteiger partial charge in [-0.3, -0.25) is 4.79 Å². The first-order valence-electron chi connectivity index (χ1n) is 5.97. The lowest BCUT2D eigenvalue weighted by Gasteiger charge is -2.15. The highest BCUT2D eigenvalue weighted by molar-refractivity contribution is 5.69. The molecule has 0 amide bonds. The lowest BCUT2D eigenvalue weighted by Crippen LogP contribution is -2.21. The van der Waals surface area contributed by atoms with E-state index in [0.717, 1.165) is 38.9 Å². The average Bonchev–Trinajstić information content (AvgIpc) is 2.25. The van der Waals surface area contributed by atoms with Crippen molar-refractivity contribution in [1.29, 1.82) is 0 Å². The van der Waals surface area contributed by atoms with Crippen molar-refractivity contribution in [2.24, 2.45) is 4.99 Å². The molecule has 0 aliphatic rings. The molecule has 4 heteroatoms. The van der Waals surface area contributed by atoms with Crippen molar-refractivity contribution < 1.29 is 9.53 Å².